The quantitative estimate of drug-likeness (QED) is 0.432. The Morgan fingerprint density at radius 3 is 2.64 bits per heavy atom. The SMILES string of the molecule is CN1CC(NCc2ccc3c(c2)cc(C#CCNc2ccc(C(C)(C)C#N)nc2)n3CC(F)(F)F)CCC1=O. The van der Waals surface area contributed by atoms with Crippen LogP contribution in [0.3, 0.4) is 0 Å². The third-order valence-corrected chi connectivity index (χ3v) is 6.81. The fourth-order valence-corrected chi connectivity index (χ4v) is 4.53. The molecule has 0 spiro atoms. The van der Waals surface area contributed by atoms with Gasteiger partial charge < -0.3 is 20.1 Å². The van der Waals surface area contributed by atoms with Gasteiger partial charge in [0.05, 0.1) is 41.3 Å². The molecule has 2 N–H and O–H groups in total. The molecular formula is C29H31F3N6O. The molecule has 204 valence electrons. The highest BCUT2D eigenvalue weighted by molar-refractivity contribution is 5.83. The maximum Gasteiger partial charge on any atom is 0.406 e. The van der Waals surface area contributed by atoms with Crippen molar-refractivity contribution in [2.45, 2.75) is 57.4 Å². The molecule has 2 aromatic heterocycles. The predicted molar refractivity (Wildman–Crippen MR) is 144 cm³/mol. The van der Waals surface area contributed by atoms with Gasteiger partial charge in [-0.15, -0.1) is 0 Å². The molecule has 0 saturated carbocycles. The molecule has 1 fully saturated rings. The second-order valence-electron chi connectivity index (χ2n) is 10.3. The number of anilines is 1. The fourth-order valence-electron chi connectivity index (χ4n) is 4.53. The summed E-state index contributed by atoms with van der Waals surface area (Å²) in [4.78, 5) is 17.7. The number of nitrogens with one attached hydrogen (secondary N) is 2. The standard InChI is InChI=1S/C29H31F3N6O/c1-28(2,18-33)26-10-7-22(16-36-26)34-12-4-5-24-14-21-13-20(6-9-25(21)38(24)19-29(30,31)32)15-35-23-8-11-27(39)37(3)17-23/h6-7,9-10,13-14,16,23,34-35H,8,11-12,15,17,19H2,1-3H3. The number of piperidine rings is 1. The van der Waals surface area contributed by atoms with Crippen molar-refractivity contribution in [2.24, 2.45) is 0 Å². The summed E-state index contributed by atoms with van der Waals surface area (Å²) < 4.78 is 41.4. The summed E-state index contributed by atoms with van der Waals surface area (Å²) in [6.45, 7) is 3.83. The number of rotatable bonds is 7. The lowest BCUT2D eigenvalue weighted by Crippen LogP contribution is -2.46. The molecule has 3 heterocycles. The number of halogens is 3. The van der Waals surface area contributed by atoms with E-state index in [4.69, 9.17) is 0 Å². The maximum atomic E-state index is 13.4. The zero-order valence-corrected chi connectivity index (χ0v) is 22.2. The van der Waals surface area contributed by atoms with Gasteiger partial charge in [-0.05, 0) is 62.1 Å². The van der Waals surface area contributed by atoms with E-state index in [2.05, 4.69) is 33.5 Å². The van der Waals surface area contributed by atoms with Crippen LogP contribution in [-0.4, -0.2) is 52.7 Å². The minimum absolute atomic E-state index is 0.138. The molecule has 1 aliphatic heterocycles. The van der Waals surface area contributed by atoms with Crippen molar-refractivity contribution in [1.29, 1.82) is 5.26 Å². The van der Waals surface area contributed by atoms with E-state index >= 15 is 0 Å². The summed E-state index contributed by atoms with van der Waals surface area (Å²) in [6.07, 6.45) is -1.52. The lowest BCUT2D eigenvalue weighted by atomic mass is 9.91. The molecule has 0 aliphatic carbocycles. The van der Waals surface area contributed by atoms with Crippen LogP contribution in [0, 0.1) is 23.2 Å². The Bertz CT molecular complexity index is 1440. The average molecular weight is 537 g/mol. The maximum absolute atomic E-state index is 13.4. The first-order chi connectivity index (χ1) is 18.4. The Morgan fingerprint density at radius 1 is 1.18 bits per heavy atom. The van der Waals surface area contributed by atoms with Crippen LogP contribution >= 0.6 is 0 Å². The molecule has 1 saturated heterocycles. The average Bonchev–Trinajstić information content (AvgIpc) is 3.22. The van der Waals surface area contributed by atoms with Gasteiger partial charge in [0.15, 0.2) is 0 Å². The van der Waals surface area contributed by atoms with Crippen molar-refractivity contribution in [1.82, 2.24) is 19.8 Å². The van der Waals surface area contributed by atoms with Gasteiger partial charge in [0.25, 0.3) is 0 Å². The van der Waals surface area contributed by atoms with Crippen LogP contribution in [0.2, 0.25) is 0 Å². The van der Waals surface area contributed by atoms with Crippen LogP contribution in [0.15, 0.2) is 42.6 Å². The van der Waals surface area contributed by atoms with Crippen molar-refractivity contribution in [3.05, 3.63) is 59.5 Å². The van der Waals surface area contributed by atoms with Gasteiger partial charge in [-0.1, -0.05) is 12.0 Å². The van der Waals surface area contributed by atoms with Crippen molar-refractivity contribution in [2.75, 3.05) is 25.5 Å². The van der Waals surface area contributed by atoms with Crippen LogP contribution < -0.4 is 10.6 Å². The fraction of sp³-hybridized carbons (Fsp3) is 0.414. The number of likely N-dealkylation sites (N-methyl/N-ethyl adjacent to an activating group) is 1. The monoisotopic (exact) mass is 536 g/mol. The Morgan fingerprint density at radius 2 is 1.97 bits per heavy atom. The normalized spacial score (nSPS) is 16.1. The molecule has 7 nitrogen and oxygen atoms in total. The van der Waals surface area contributed by atoms with Gasteiger partial charge in [-0.2, -0.15) is 18.4 Å². The van der Waals surface area contributed by atoms with Crippen molar-refractivity contribution >= 4 is 22.5 Å². The highest BCUT2D eigenvalue weighted by Gasteiger charge is 2.30. The minimum atomic E-state index is -4.39. The van der Waals surface area contributed by atoms with E-state index in [0.717, 1.165) is 12.0 Å². The minimum Gasteiger partial charge on any atom is -0.373 e. The third kappa shape index (κ3) is 7.10. The molecule has 1 unspecified atom stereocenters. The smallest absolute Gasteiger partial charge is 0.373 e. The van der Waals surface area contributed by atoms with E-state index < -0.39 is 18.1 Å². The molecule has 39 heavy (non-hydrogen) atoms. The van der Waals surface area contributed by atoms with Gasteiger partial charge in [-0.3, -0.25) is 9.78 Å². The van der Waals surface area contributed by atoms with Crippen molar-refractivity contribution < 1.29 is 18.0 Å². The van der Waals surface area contributed by atoms with Crippen LogP contribution in [0.1, 0.15) is 43.6 Å². The molecule has 4 rings (SSSR count). The number of amides is 1. The highest BCUT2D eigenvalue weighted by atomic mass is 19.4. The summed E-state index contributed by atoms with van der Waals surface area (Å²) in [6, 6.07) is 13.0. The molecular weight excluding hydrogens is 505 g/mol. The van der Waals surface area contributed by atoms with Crippen LogP contribution in [-0.2, 0) is 23.3 Å². The van der Waals surface area contributed by atoms with Crippen molar-refractivity contribution in [3.8, 4) is 17.9 Å². The van der Waals surface area contributed by atoms with Gasteiger partial charge in [0.1, 0.15) is 6.54 Å². The molecule has 1 amide bonds. The molecule has 3 aromatic rings. The number of benzene rings is 1. The molecule has 1 aromatic carbocycles. The number of hydrogen-bond donors (Lipinski definition) is 2. The Balaban J connectivity index is 1.47. The summed E-state index contributed by atoms with van der Waals surface area (Å²) in [5, 5.41) is 16.5. The molecule has 1 aliphatic rings. The van der Waals surface area contributed by atoms with Gasteiger partial charge in [0, 0.05) is 43.5 Å². The molecule has 0 radical (unpaired) electrons. The predicted octanol–water partition coefficient (Wildman–Crippen LogP) is 4.57. The van der Waals surface area contributed by atoms with Crippen LogP contribution in [0.5, 0.6) is 0 Å². The van der Waals surface area contributed by atoms with E-state index in [0.29, 0.717) is 41.8 Å². The summed E-state index contributed by atoms with van der Waals surface area (Å²) in [5.74, 6) is 5.93. The number of nitriles is 1. The van der Waals surface area contributed by atoms with E-state index in [-0.39, 0.29) is 24.2 Å². The largest absolute Gasteiger partial charge is 0.406 e. The molecule has 1 atom stereocenters. The number of nitrogens with zero attached hydrogens (tertiary/aromatic N) is 4. The second kappa shape index (κ2) is 11.4. The second-order valence-corrected chi connectivity index (χ2v) is 10.3. The number of fused-ring (bicyclic) bond motifs is 1. The third-order valence-electron chi connectivity index (χ3n) is 6.81. The Hall–Kier alpha value is -4.02. The van der Waals surface area contributed by atoms with E-state index in [1.165, 1.54) is 4.57 Å². The molecule has 10 heteroatoms. The summed E-state index contributed by atoms with van der Waals surface area (Å²) in [5.41, 5.74) is 2.34. The Kier molecular flexibility index (Phi) is 8.17. The van der Waals surface area contributed by atoms with E-state index in [1.54, 1.807) is 56.3 Å². The van der Waals surface area contributed by atoms with Gasteiger partial charge in [-0.25, -0.2) is 0 Å². The lowest BCUT2D eigenvalue weighted by molar-refractivity contribution is -0.140. The highest BCUT2D eigenvalue weighted by Crippen LogP contribution is 2.27. The van der Waals surface area contributed by atoms with E-state index in [1.807, 2.05) is 12.1 Å². The number of alkyl halides is 3. The number of aromatic nitrogens is 2. The van der Waals surface area contributed by atoms with Gasteiger partial charge >= 0.3 is 6.18 Å². The first-order valence-electron chi connectivity index (χ1n) is 12.7. The van der Waals surface area contributed by atoms with Crippen molar-refractivity contribution in [3.63, 3.8) is 0 Å². The zero-order chi connectivity index (χ0) is 28.2. The van der Waals surface area contributed by atoms with Gasteiger partial charge in [0.2, 0.25) is 5.91 Å². The van der Waals surface area contributed by atoms with E-state index in [9.17, 15) is 23.2 Å². The number of carbonyl (C=O) groups excluding carboxylic acids is 1. The number of hydrogen-bond acceptors (Lipinski definition) is 5. The lowest BCUT2D eigenvalue weighted by Gasteiger charge is -2.30. The summed E-state index contributed by atoms with van der Waals surface area (Å²) >= 11 is 0. The van der Waals surface area contributed by atoms with Crippen LogP contribution in [0.25, 0.3) is 10.9 Å². The number of pyridine rings is 1. The summed E-state index contributed by atoms with van der Waals surface area (Å²) in [7, 11) is 1.79. The topological polar surface area (TPSA) is 86.0 Å². The Labute approximate surface area is 226 Å². The molecule has 0 bridgehead atoms. The first-order valence-corrected chi connectivity index (χ1v) is 12.7. The number of carbonyl (C=O) groups is 1. The number of likely N-dealkylation sites (tertiary alicyclic amines) is 1. The zero-order valence-electron chi connectivity index (χ0n) is 22.2. The first kappa shape index (κ1) is 28.0. The van der Waals surface area contributed by atoms with Crippen LogP contribution in [0.4, 0.5) is 18.9 Å².